The van der Waals surface area contributed by atoms with Crippen LogP contribution in [-0.2, 0) is 11.3 Å². The number of anilines is 1. The van der Waals surface area contributed by atoms with Crippen molar-refractivity contribution in [2.24, 2.45) is 0 Å². The van der Waals surface area contributed by atoms with E-state index in [1.54, 1.807) is 19.3 Å². The Morgan fingerprint density at radius 2 is 1.90 bits per heavy atom. The zero-order valence-corrected chi connectivity index (χ0v) is 18.5. The number of methoxy groups -OCH3 is 1. The van der Waals surface area contributed by atoms with Crippen LogP contribution in [-0.4, -0.2) is 55.0 Å². The van der Waals surface area contributed by atoms with Crippen LogP contribution in [0, 0.1) is 5.82 Å². The first kappa shape index (κ1) is 21.7. The summed E-state index contributed by atoms with van der Waals surface area (Å²) in [6.07, 6.45) is 5.49. The van der Waals surface area contributed by atoms with Gasteiger partial charge >= 0.3 is 0 Å². The predicted octanol–water partition coefficient (Wildman–Crippen LogP) is 4.42. The Kier molecular flexibility index (Phi) is 6.49. The highest BCUT2D eigenvalue weighted by Gasteiger charge is 2.41. The molecule has 2 aromatic rings. The average molecular weight is 444 g/mol. The monoisotopic (exact) mass is 443 g/mol. The van der Waals surface area contributed by atoms with Gasteiger partial charge in [0.2, 0.25) is 5.91 Å². The van der Waals surface area contributed by atoms with Gasteiger partial charge in [0.05, 0.1) is 12.1 Å². The number of nitrogens with zero attached hydrogens (tertiary/aromatic N) is 2. The van der Waals surface area contributed by atoms with E-state index in [1.807, 2.05) is 36.2 Å². The lowest BCUT2D eigenvalue weighted by Crippen LogP contribution is -2.55. The molecule has 1 N–H and O–H groups in total. The molecule has 2 bridgehead atoms. The van der Waals surface area contributed by atoms with Gasteiger partial charge < -0.3 is 15.0 Å². The van der Waals surface area contributed by atoms with Crippen LogP contribution in [0.15, 0.2) is 42.5 Å². The summed E-state index contributed by atoms with van der Waals surface area (Å²) in [5.74, 6) is 0.387. The number of ether oxygens (including phenoxy) is 1. The van der Waals surface area contributed by atoms with Crippen LogP contribution >= 0.6 is 11.6 Å². The molecule has 2 heterocycles. The highest BCUT2D eigenvalue weighted by atomic mass is 35.5. The van der Waals surface area contributed by atoms with Crippen molar-refractivity contribution in [3.05, 3.63) is 64.4 Å². The molecule has 2 atom stereocenters. The minimum atomic E-state index is -0.217. The summed E-state index contributed by atoms with van der Waals surface area (Å²) in [4.78, 5) is 17.5. The Hall–Kier alpha value is -2.57. The van der Waals surface area contributed by atoms with Gasteiger partial charge in [0.25, 0.3) is 0 Å². The van der Waals surface area contributed by atoms with Crippen LogP contribution in [0.25, 0.3) is 6.08 Å². The lowest BCUT2D eigenvalue weighted by Gasteiger charge is -2.40. The van der Waals surface area contributed by atoms with Gasteiger partial charge in [-0.05, 0) is 48.7 Å². The second-order valence-electron chi connectivity index (χ2n) is 8.11. The molecule has 2 unspecified atom stereocenters. The summed E-state index contributed by atoms with van der Waals surface area (Å²) < 4.78 is 18.5. The molecule has 0 aromatic heterocycles. The first-order valence-corrected chi connectivity index (χ1v) is 10.9. The molecule has 0 spiro atoms. The second-order valence-corrected chi connectivity index (χ2v) is 8.52. The van der Waals surface area contributed by atoms with Crippen LogP contribution in [0.3, 0.4) is 0 Å². The number of hydrogen-bond donors (Lipinski definition) is 1. The second kappa shape index (κ2) is 9.28. The highest BCUT2D eigenvalue weighted by molar-refractivity contribution is 6.32. The maximum atomic E-state index is 13.2. The van der Waals surface area contributed by atoms with Crippen LogP contribution in [0.2, 0.25) is 5.02 Å². The van der Waals surface area contributed by atoms with E-state index < -0.39 is 0 Å². The van der Waals surface area contributed by atoms with Crippen LogP contribution in [0.1, 0.15) is 24.0 Å². The summed E-state index contributed by atoms with van der Waals surface area (Å²) in [6, 6.07) is 10.7. The molecule has 5 nitrogen and oxygen atoms in total. The third-order valence-electron chi connectivity index (χ3n) is 6.13. The molecule has 4 rings (SSSR count). The maximum absolute atomic E-state index is 13.2. The quantitative estimate of drug-likeness (QED) is 0.671. The SMILES string of the molecule is CNc1cc(Cl)c(OC)cc1/C=C/C(=O)N1C2CCC1CN(Cc1ccc(F)cc1)C2. The zero-order chi connectivity index (χ0) is 22.0. The third-order valence-corrected chi connectivity index (χ3v) is 6.43. The van der Waals surface area contributed by atoms with Crippen molar-refractivity contribution >= 4 is 29.3 Å². The van der Waals surface area contributed by atoms with Gasteiger partial charge in [0, 0.05) is 56.1 Å². The Morgan fingerprint density at radius 1 is 1.23 bits per heavy atom. The van der Waals surface area contributed by atoms with E-state index in [0.717, 1.165) is 49.3 Å². The zero-order valence-electron chi connectivity index (χ0n) is 17.8. The molecule has 31 heavy (non-hydrogen) atoms. The Balaban J connectivity index is 1.44. The average Bonchev–Trinajstić information content (AvgIpc) is 3.04. The number of piperazine rings is 1. The van der Waals surface area contributed by atoms with Gasteiger partial charge in [-0.15, -0.1) is 0 Å². The fourth-order valence-electron chi connectivity index (χ4n) is 4.65. The van der Waals surface area contributed by atoms with Gasteiger partial charge in [-0.25, -0.2) is 4.39 Å². The number of amides is 1. The summed E-state index contributed by atoms with van der Waals surface area (Å²) in [7, 11) is 3.39. The van der Waals surface area contributed by atoms with Crippen molar-refractivity contribution in [3.63, 3.8) is 0 Å². The molecule has 2 aliphatic heterocycles. The number of carbonyl (C=O) groups excluding carboxylic acids is 1. The molecule has 1 amide bonds. The molecule has 7 heteroatoms. The normalized spacial score (nSPS) is 21.0. The van der Waals surface area contributed by atoms with Gasteiger partial charge in [0.1, 0.15) is 11.6 Å². The van der Waals surface area contributed by atoms with E-state index in [0.29, 0.717) is 10.8 Å². The number of rotatable bonds is 6. The summed E-state index contributed by atoms with van der Waals surface area (Å²) >= 11 is 6.20. The minimum absolute atomic E-state index is 0.0323. The molecular formula is C24H27ClFN3O2. The smallest absolute Gasteiger partial charge is 0.247 e. The molecule has 2 fully saturated rings. The van der Waals surface area contributed by atoms with Gasteiger partial charge in [-0.1, -0.05) is 23.7 Å². The van der Waals surface area contributed by atoms with Crippen molar-refractivity contribution in [1.29, 1.82) is 0 Å². The van der Waals surface area contributed by atoms with Crippen molar-refractivity contribution in [2.45, 2.75) is 31.5 Å². The van der Waals surface area contributed by atoms with Crippen LogP contribution in [0.5, 0.6) is 5.75 Å². The van der Waals surface area contributed by atoms with Crippen LogP contribution < -0.4 is 10.1 Å². The Morgan fingerprint density at radius 3 is 2.52 bits per heavy atom. The number of fused-ring (bicyclic) bond motifs is 2. The van der Waals surface area contributed by atoms with Crippen LogP contribution in [0.4, 0.5) is 10.1 Å². The number of carbonyl (C=O) groups is 1. The highest BCUT2D eigenvalue weighted by Crippen LogP contribution is 2.33. The van der Waals surface area contributed by atoms with Crippen molar-refractivity contribution < 1.29 is 13.9 Å². The largest absolute Gasteiger partial charge is 0.495 e. The summed E-state index contributed by atoms with van der Waals surface area (Å²) in [5.41, 5.74) is 2.78. The van der Waals surface area contributed by atoms with Gasteiger partial charge in [0.15, 0.2) is 0 Å². The Bertz CT molecular complexity index is 966. The fraction of sp³-hybridized carbons (Fsp3) is 0.375. The molecule has 2 aromatic carbocycles. The van der Waals surface area contributed by atoms with E-state index in [-0.39, 0.29) is 23.8 Å². The fourth-order valence-corrected chi connectivity index (χ4v) is 4.90. The first-order valence-electron chi connectivity index (χ1n) is 10.5. The molecule has 164 valence electrons. The first-order chi connectivity index (χ1) is 15.0. The lowest BCUT2D eigenvalue weighted by molar-refractivity contribution is -0.131. The standard InChI is InChI=1S/C24H27ClFN3O2/c1-27-22-12-21(25)23(31-2)11-17(22)5-10-24(30)29-19-8-9-20(29)15-28(14-19)13-16-3-6-18(26)7-4-16/h3-7,10-12,19-20,27H,8-9,13-15H2,1-2H3/b10-5+. The van der Waals surface area contributed by atoms with E-state index in [4.69, 9.17) is 16.3 Å². The molecule has 2 saturated heterocycles. The van der Waals surface area contributed by atoms with Crippen molar-refractivity contribution in [2.75, 3.05) is 32.6 Å². The van der Waals surface area contributed by atoms with E-state index >= 15 is 0 Å². The van der Waals surface area contributed by atoms with E-state index in [9.17, 15) is 9.18 Å². The number of hydrogen-bond acceptors (Lipinski definition) is 4. The topological polar surface area (TPSA) is 44.8 Å². The number of likely N-dealkylation sites (tertiary alicyclic amines) is 1. The van der Waals surface area contributed by atoms with E-state index in [2.05, 4.69) is 10.2 Å². The number of halogens is 2. The lowest BCUT2D eigenvalue weighted by atomic mass is 10.1. The van der Waals surface area contributed by atoms with Crippen molar-refractivity contribution in [3.8, 4) is 5.75 Å². The summed E-state index contributed by atoms with van der Waals surface area (Å²) in [5, 5.41) is 3.63. The third kappa shape index (κ3) is 4.70. The summed E-state index contributed by atoms with van der Waals surface area (Å²) in [6.45, 7) is 2.45. The molecule has 0 saturated carbocycles. The Labute approximate surface area is 187 Å². The predicted molar refractivity (Wildman–Crippen MR) is 122 cm³/mol. The van der Waals surface area contributed by atoms with Gasteiger partial charge in [-0.3, -0.25) is 9.69 Å². The minimum Gasteiger partial charge on any atom is -0.495 e. The van der Waals surface area contributed by atoms with E-state index in [1.165, 1.54) is 12.1 Å². The molecule has 0 aliphatic carbocycles. The van der Waals surface area contributed by atoms with Crippen molar-refractivity contribution in [1.82, 2.24) is 9.80 Å². The molecular weight excluding hydrogens is 417 g/mol. The number of nitrogens with one attached hydrogen (secondary N) is 1. The molecule has 0 radical (unpaired) electrons. The maximum Gasteiger partial charge on any atom is 0.247 e. The molecule has 2 aliphatic rings. The van der Waals surface area contributed by atoms with Gasteiger partial charge in [-0.2, -0.15) is 0 Å². The number of benzene rings is 2.